The average molecular weight is 376 g/mol. The molecule has 146 valence electrons. The molecule has 3 rings (SSSR count). The lowest BCUT2D eigenvalue weighted by Crippen LogP contribution is -2.10. The number of nitrogens with two attached hydrogens (primary N) is 1. The summed E-state index contributed by atoms with van der Waals surface area (Å²) < 4.78 is 11.8. The highest BCUT2D eigenvalue weighted by Gasteiger charge is 2.12. The van der Waals surface area contributed by atoms with E-state index in [-0.39, 0.29) is 5.41 Å². The number of hydrogen-bond donors (Lipinski definition) is 1. The number of hydrogen-bond acceptors (Lipinski definition) is 3. The van der Waals surface area contributed by atoms with Crippen LogP contribution in [0, 0.1) is 0 Å². The van der Waals surface area contributed by atoms with E-state index in [0.717, 1.165) is 28.2 Å². The summed E-state index contributed by atoms with van der Waals surface area (Å²) in [5.41, 5.74) is 10.4. The Morgan fingerprint density at radius 2 is 1.18 bits per heavy atom. The van der Waals surface area contributed by atoms with Gasteiger partial charge in [-0.3, -0.25) is 0 Å². The number of benzene rings is 3. The summed E-state index contributed by atoms with van der Waals surface area (Å²) in [5, 5.41) is 0. The monoisotopic (exact) mass is 375 g/mol. The van der Waals surface area contributed by atoms with Crippen LogP contribution in [0.25, 0.3) is 0 Å². The molecule has 0 aliphatic heterocycles. The number of ether oxygens (including phenoxy) is 2. The minimum Gasteiger partial charge on any atom is -0.489 e. The van der Waals surface area contributed by atoms with Gasteiger partial charge in [0.1, 0.15) is 24.7 Å². The van der Waals surface area contributed by atoms with Gasteiger partial charge in [-0.1, -0.05) is 63.2 Å². The van der Waals surface area contributed by atoms with Crippen molar-refractivity contribution in [3.8, 4) is 11.5 Å². The maximum atomic E-state index is 5.95. The van der Waals surface area contributed by atoms with Crippen LogP contribution >= 0.6 is 0 Å². The third-order valence-electron chi connectivity index (χ3n) is 4.68. The zero-order valence-corrected chi connectivity index (χ0v) is 16.9. The molecule has 28 heavy (non-hydrogen) atoms. The molecule has 0 saturated heterocycles. The maximum absolute atomic E-state index is 5.95. The zero-order valence-electron chi connectivity index (χ0n) is 16.9. The van der Waals surface area contributed by atoms with E-state index in [9.17, 15) is 0 Å². The maximum Gasteiger partial charge on any atom is 0.119 e. The van der Waals surface area contributed by atoms with Gasteiger partial charge in [0.25, 0.3) is 0 Å². The van der Waals surface area contributed by atoms with Crippen LogP contribution in [0.3, 0.4) is 0 Å². The standard InChI is InChI=1S/C25H29NO2/c1-25(2,3)22-9-13-24(14-10-22)28-18-21-6-4-5-20(15-21)17-27-23-11-7-19(16-26)8-12-23/h4-15H,16-18,26H2,1-3H3. The summed E-state index contributed by atoms with van der Waals surface area (Å²) in [5.74, 6) is 1.73. The predicted octanol–water partition coefficient (Wildman–Crippen LogP) is 5.60. The third-order valence-corrected chi connectivity index (χ3v) is 4.68. The smallest absolute Gasteiger partial charge is 0.119 e. The Balaban J connectivity index is 1.55. The molecule has 3 aromatic rings. The molecule has 0 heterocycles. The molecule has 0 aliphatic rings. The van der Waals surface area contributed by atoms with Gasteiger partial charge < -0.3 is 15.2 Å². The largest absolute Gasteiger partial charge is 0.489 e. The Morgan fingerprint density at radius 3 is 1.64 bits per heavy atom. The molecule has 0 aliphatic carbocycles. The van der Waals surface area contributed by atoms with Gasteiger partial charge in [0, 0.05) is 6.54 Å². The molecule has 3 nitrogen and oxygen atoms in total. The second-order valence-corrected chi connectivity index (χ2v) is 8.02. The summed E-state index contributed by atoms with van der Waals surface area (Å²) >= 11 is 0. The van der Waals surface area contributed by atoms with Crippen LogP contribution in [0.15, 0.2) is 72.8 Å². The van der Waals surface area contributed by atoms with Crippen LogP contribution in [0.4, 0.5) is 0 Å². The van der Waals surface area contributed by atoms with Crippen LogP contribution in [-0.4, -0.2) is 0 Å². The molecule has 0 fully saturated rings. The summed E-state index contributed by atoms with van der Waals surface area (Å²) in [4.78, 5) is 0. The van der Waals surface area contributed by atoms with Crippen molar-refractivity contribution in [2.75, 3.05) is 0 Å². The normalized spacial score (nSPS) is 11.3. The van der Waals surface area contributed by atoms with Gasteiger partial charge in [-0.2, -0.15) is 0 Å². The first-order valence-corrected chi connectivity index (χ1v) is 9.67. The van der Waals surface area contributed by atoms with E-state index in [1.54, 1.807) is 0 Å². The lowest BCUT2D eigenvalue weighted by Gasteiger charge is -2.19. The van der Waals surface area contributed by atoms with Gasteiger partial charge in [-0.05, 0) is 58.0 Å². The van der Waals surface area contributed by atoms with Crippen LogP contribution in [-0.2, 0) is 25.2 Å². The molecule has 0 amide bonds. The molecule has 0 aromatic heterocycles. The van der Waals surface area contributed by atoms with Crippen LogP contribution in [0.1, 0.15) is 43.0 Å². The third kappa shape index (κ3) is 5.61. The number of rotatable bonds is 7. The fourth-order valence-corrected chi connectivity index (χ4v) is 2.92. The van der Waals surface area contributed by atoms with Crippen LogP contribution in [0.5, 0.6) is 11.5 Å². The van der Waals surface area contributed by atoms with Crippen LogP contribution < -0.4 is 15.2 Å². The SMILES string of the molecule is CC(C)(C)c1ccc(OCc2cccc(COc3ccc(CN)cc3)c2)cc1. The van der Waals surface area contributed by atoms with E-state index in [2.05, 4.69) is 51.1 Å². The Morgan fingerprint density at radius 1 is 0.679 bits per heavy atom. The molecule has 0 unspecified atom stereocenters. The Bertz CT molecular complexity index is 878. The molecule has 0 bridgehead atoms. The molecular weight excluding hydrogens is 346 g/mol. The van der Waals surface area contributed by atoms with Crippen molar-refractivity contribution < 1.29 is 9.47 Å². The highest BCUT2D eigenvalue weighted by atomic mass is 16.5. The molecule has 3 aromatic carbocycles. The van der Waals surface area contributed by atoms with Crippen molar-refractivity contribution in [3.05, 3.63) is 95.1 Å². The van der Waals surface area contributed by atoms with Gasteiger partial charge in [-0.15, -0.1) is 0 Å². The lowest BCUT2D eigenvalue weighted by molar-refractivity contribution is 0.299. The van der Waals surface area contributed by atoms with Crippen molar-refractivity contribution in [1.29, 1.82) is 0 Å². The fraction of sp³-hybridized carbons (Fsp3) is 0.280. The second-order valence-electron chi connectivity index (χ2n) is 8.02. The van der Waals surface area contributed by atoms with E-state index in [1.807, 2.05) is 42.5 Å². The van der Waals surface area contributed by atoms with E-state index < -0.39 is 0 Å². The van der Waals surface area contributed by atoms with E-state index >= 15 is 0 Å². The van der Waals surface area contributed by atoms with Crippen molar-refractivity contribution >= 4 is 0 Å². The van der Waals surface area contributed by atoms with Crippen molar-refractivity contribution in [3.63, 3.8) is 0 Å². The Hall–Kier alpha value is -2.78. The lowest BCUT2D eigenvalue weighted by atomic mass is 9.87. The first-order valence-electron chi connectivity index (χ1n) is 9.67. The predicted molar refractivity (Wildman–Crippen MR) is 115 cm³/mol. The van der Waals surface area contributed by atoms with Gasteiger partial charge >= 0.3 is 0 Å². The second kappa shape index (κ2) is 8.94. The van der Waals surface area contributed by atoms with E-state index in [1.165, 1.54) is 5.56 Å². The topological polar surface area (TPSA) is 44.5 Å². The molecule has 0 spiro atoms. The Labute approximate surface area is 168 Å². The summed E-state index contributed by atoms with van der Waals surface area (Å²) in [7, 11) is 0. The van der Waals surface area contributed by atoms with Crippen LogP contribution in [0.2, 0.25) is 0 Å². The van der Waals surface area contributed by atoms with Gasteiger partial charge in [-0.25, -0.2) is 0 Å². The summed E-state index contributed by atoms with van der Waals surface area (Å²) in [6.45, 7) is 8.24. The Kier molecular flexibility index (Phi) is 6.37. The van der Waals surface area contributed by atoms with Crippen molar-refractivity contribution in [2.24, 2.45) is 5.73 Å². The molecular formula is C25H29NO2. The molecule has 0 atom stereocenters. The van der Waals surface area contributed by atoms with Gasteiger partial charge in [0.15, 0.2) is 0 Å². The minimum atomic E-state index is 0.150. The van der Waals surface area contributed by atoms with Gasteiger partial charge in [0.05, 0.1) is 0 Å². The molecule has 2 N–H and O–H groups in total. The first kappa shape index (κ1) is 20.0. The van der Waals surface area contributed by atoms with Crippen molar-refractivity contribution in [1.82, 2.24) is 0 Å². The summed E-state index contributed by atoms with van der Waals surface area (Å²) in [6.07, 6.45) is 0. The molecule has 3 heteroatoms. The quantitative estimate of drug-likeness (QED) is 0.584. The van der Waals surface area contributed by atoms with Crippen molar-refractivity contribution in [2.45, 2.75) is 45.9 Å². The molecule has 0 radical (unpaired) electrons. The summed E-state index contributed by atoms with van der Waals surface area (Å²) in [6, 6.07) is 24.5. The van der Waals surface area contributed by atoms with Gasteiger partial charge in [0.2, 0.25) is 0 Å². The van der Waals surface area contributed by atoms with E-state index in [0.29, 0.717) is 19.8 Å². The minimum absolute atomic E-state index is 0.150. The highest BCUT2D eigenvalue weighted by molar-refractivity contribution is 5.32. The van der Waals surface area contributed by atoms with E-state index in [4.69, 9.17) is 15.2 Å². The fourth-order valence-electron chi connectivity index (χ4n) is 2.92. The zero-order chi connectivity index (χ0) is 20.0. The molecule has 0 saturated carbocycles. The average Bonchev–Trinajstić information content (AvgIpc) is 2.71. The first-order chi connectivity index (χ1) is 13.4. The highest BCUT2D eigenvalue weighted by Crippen LogP contribution is 2.24.